The van der Waals surface area contributed by atoms with E-state index in [4.69, 9.17) is 5.11 Å². The molecule has 1 heterocycles. The van der Waals surface area contributed by atoms with E-state index in [9.17, 15) is 18.0 Å². The zero-order valence-electron chi connectivity index (χ0n) is 12.5. The molecule has 0 saturated heterocycles. The van der Waals surface area contributed by atoms with Crippen LogP contribution in [-0.2, 0) is 12.6 Å². The third-order valence-electron chi connectivity index (χ3n) is 4.96. The number of halogens is 3. The Kier molecular flexibility index (Phi) is 3.87. The second-order valence-electron chi connectivity index (χ2n) is 6.44. The average Bonchev–Trinajstić information content (AvgIpc) is 2.88. The van der Waals surface area contributed by atoms with Crippen molar-refractivity contribution in [3.63, 3.8) is 0 Å². The number of nitrogens with one attached hydrogen (secondary N) is 1. The molecular formula is C13H18F3N3O3. The molecule has 0 unspecified atom stereocenters. The number of rotatable bonds is 3. The summed E-state index contributed by atoms with van der Waals surface area (Å²) < 4.78 is 41.6. The lowest BCUT2D eigenvalue weighted by molar-refractivity contribution is -0.159. The van der Waals surface area contributed by atoms with Crippen LogP contribution in [0.25, 0.3) is 0 Å². The fraction of sp³-hybridized carbons (Fsp3) is 0.769. The Balaban J connectivity index is 2.14. The van der Waals surface area contributed by atoms with Gasteiger partial charge in [-0.3, -0.25) is 0 Å². The van der Waals surface area contributed by atoms with E-state index >= 15 is 0 Å². The number of alkyl halides is 3. The molecule has 1 aromatic rings. The van der Waals surface area contributed by atoms with Crippen molar-refractivity contribution in [2.45, 2.75) is 51.7 Å². The first-order valence-corrected chi connectivity index (χ1v) is 6.86. The molecular weight excluding hydrogens is 303 g/mol. The molecule has 1 aliphatic carbocycles. The summed E-state index contributed by atoms with van der Waals surface area (Å²) in [4.78, 5) is 14.3. The highest BCUT2D eigenvalue weighted by Crippen LogP contribution is 2.51. The summed E-state index contributed by atoms with van der Waals surface area (Å²) in [5.74, 6) is -1.42. The Morgan fingerprint density at radius 3 is 2.59 bits per heavy atom. The third kappa shape index (κ3) is 2.89. The maximum atomic E-state index is 12.5. The number of nitrogens with zero attached hydrogens (tertiary/aromatic N) is 2. The predicted molar refractivity (Wildman–Crippen MR) is 69.1 cm³/mol. The van der Waals surface area contributed by atoms with Gasteiger partial charge in [-0.05, 0) is 31.1 Å². The standard InChI is InChI=1S/C13H18F3N3O3/c1-11(2)7(4-5-12(11,3)18-10(20)21)6-8-17-9(22-19-8)13(14,15)16/h7,18H,4-6H2,1-3H3,(H,20,21)/t7-,12-/m0/s1. The Hall–Kier alpha value is -1.80. The average molecular weight is 321 g/mol. The Morgan fingerprint density at radius 2 is 2.09 bits per heavy atom. The second kappa shape index (κ2) is 5.13. The topological polar surface area (TPSA) is 88.3 Å². The van der Waals surface area contributed by atoms with Gasteiger partial charge in [-0.1, -0.05) is 19.0 Å². The Labute approximate surface area is 125 Å². The van der Waals surface area contributed by atoms with Gasteiger partial charge in [0.2, 0.25) is 0 Å². The van der Waals surface area contributed by atoms with E-state index in [2.05, 4.69) is 20.0 Å². The second-order valence-corrected chi connectivity index (χ2v) is 6.44. The van der Waals surface area contributed by atoms with Crippen LogP contribution < -0.4 is 5.32 Å². The molecule has 124 valence electrons. The molecule has 1 amide bonds. The third-order valence-corrected chi connectivity index (χ3v) is 4.96. The van der Waals surface area contributed by atoms with Gasteiger partial charge in [-0.15, -0.1) is 0 Å². The molecule has 0 bridgehead atoms. The molecule has 0 spiro atoms. The summed E-state index contributed by atoms with van der Waals surface area (Å²) in [6.45, 7) is 5.59. The molecule has 6 nitrogen and oxygen atoms in total. The summed E-state index contributed by atoms with van der Waals surface area (Å²) in [6.07, 6.45) is -4.30. The van der Waals surface area contributed by atoms with E-state index in [-0.39, 0.29) is 18.2 Å². The Morgan fingerprint density at radius 1 is 1.45 bits per heavy atom. The van der Waals surface area contributed by atoms with Crippen LogP contribution in [0.2, 0.25) is 0 Å². The van der Waals surface area contributed by atoms with Gasteiger partial charge in [-0.2, -0.15) is 18.2 Å². The van der Waals surface area contributed by atoms with E-state index in [0.29, 0.717) is 12.8 Å². The first-order valence-electron chi connectivity index (χ1n) is 6.86. The first kappa shape index (κ1) is 16.6. The lowest BCUT2D eigenvalue weighted by Crippen LogP contribution is -2.54. The highest BCUT2D eigenvalue weighted by molar-refractivity contribution is 5.66. The number of amides is 1. The molecule has 0 aromatic carbocycles. The van der Waals surface area contributed by atoms with E-state index in [1.54, 1.807) is 6.92 Å². The van der Waals surface area contributed by atoms with Crippen molar-refractivity contribution in [3.8, 4) is 0 Å². The van der Waals surface area contributed by atoms with Crippen molar-refractivity contribution < 1.29 is 27.6 Å². The highest BCUT2D eigenvalue weighted by atomic mass is 19.4. The van der Waals surface area contributed by atoms with Gasteiger partial charge in [0.1, 0.15) is 0 Å². The van der Waals surface area contributed by atoms with Crippen LogP contribution in [0, 0.1) is 11.3 Å². The van der Waals surface area contributed by atoms with Gasteiger partial charge in [0.25, 0.3) is 0 Å². The van der Waals surface area contributed by atoms with E-state index in [0.717, 1.165) is 0 Å². The monoisotopic (exact) mass is 321 g/mol. The van der Waals surface area contributed by atoms with E-state index in [1.807, 2.05) is 13.8 Å². The van der Waals surface area contributed by atoms with Crippen LogP contribution in [-0.4, -0.2) is 26.9 Å². The van der Waals surface area contributed by atoms with E-state index < -0.39 is 29.1 Å². The molecule has 2 N–H and O–H groups in total. The molecule has 2 atom stereocenters. The molecule has 2 rings (SSSR count). The number of aromatic nitrogens is 2. The number of carbonyl (C=O) groups is 1. The minimum atomic E-state index is -4.66. The van der Waals surface area contributed by atoms with Crippen molar-refractivity contribution in [1.82, 2.24) is 15.5 Å². The van der Waals surface area contributed by atoms with Gasteiger partial charge in [-0.25, -0.2) is 4.79 Å². The first-order chi connectivity index (χ1) is 9.96. The largest absolute Gasteiger partial charge is 0.471 e. The predicted octanol–water partition coefficient (Wildman–Crippen LogP) is 3.09. The van der Waals surface area contributed by atoms with Gasteiger partial charge >= 0.3 is 18.2 Å². The summed E-state index contributed by atoms with van der Waals surface area (Å²) in [7, 11) is 0. The van der Waals surface area contributed by atoms with E-state index in [1.165, 1.54) is 0 Å². The molecule has 1 fully saturated rings. The minimum Gasteiger partial charge on any atom is -0.465 e. The van der Waals surface area contributed by atoms with Crippen molar-refractivity contribution in [1.29, 1.82) is 0 Å². The molecule has 22 heavy (non-hydrogen) atoms. The fourth-order valence-corrected chi connectivity index (χ4v) is 3.09. The summed E-state index contributed by atoms with van der Waals surface area (Å²) in [6, 6.07) is 0. The van der Waals surface area contributed by atoms with Crippen molar-refractivity contribution in [3.05, 3.63) is 11.7 Å². The molecule has 0 radical (unpaired) electrons. The van der Waals surface area contributed by atoms with Gasteiger partial charge in [0.05, 0.1) is 0 Å². The van der Waals surface area contributed by atoms with Crippen LogP contribution in [0.15, 0.2) is 4.52 Å². The number of hydrogen-bond acceptors (Lipinski definition) is 4. The van der Waals surface area contributed by atoms with Crippen molar-refractivity contribution in [2.24, 2.45) is 11.3 Å². The van der Waals surface area contributed by atoms with Gasteiger partial charge < -0.3 is 14.9 Å². The molecule has 1 aliphatic rings. The Bertz CT molecular complexity index is 570. The molecule has 0 aliphatic heterocycles. The quantitative estimate of drug-likeness (QED) is 0.893. The maximum absolute atomic E-state index is 12.5. The SMILES string of the molecule is CC1(C)[C@H](Cc2noc(C(F)(F)F)n2)CC[C@]1(C)NC(=O)O. The van der Waals surface area contributed by atoms with Crippen LogP contribution in [0.5, 0.6) is 0 Å². The zero-order chi connectivity index (χ0) is 16.8. The van der Waals surface area contributed by atoms with Crippen molar-refractivity contribution in [2.75, 3.05) is 0 Å². The lowest BCUT2D eigenvalue weighted by Gasteiger charge is -2.41. The minimum absolute atomic E-state index is 0.00928. The van der Waals surface area contributed by atoms with Gasteiger partial charge in [0, 0.05) is 12.0 Å². The number of carboxylic acid groups (broad SMARTS) is 1. The summed E-state index contributed by atoms with van der Waals surface area (Å²) in [5, 5.41) is 14.9. The lowest BCUT2D eigenvalue weighted by atomic mass is 9.70. The highest BCUT2D eigenvalue weighted by Gasteiger charge is 2.52. The van der Waals surface area contributed by atoms with Crippen LogP contribution in [0.4, 0.5) is 18.0 Å². The van der Waals surface area contributed by atoms with Crippen LogP contribution >= 0.6 is 0 Å². The summed E-state index contributed by atoms with van der Waals surface area (Å²) in [5.41, 5.74) is -1.11. The smallest absolute Gasteiger partial charge is 0.465 e. The molecule has 1 saturated carbocycles. The number of hydrogen-bond donors (Lipinski definition) is 2. The van der Waals surface area contributed by atoms with Gasteiger partial charge in [0.15, 0.2) is 5.82 Å². The fourth-order valence-electron chi connectivity index (χ4n) is 3.09. The normalized spacial score (nSPS) is 27.8. The van der Waals surface area contributed by atoms with Crippen LogP contribution in [0.1, 0.15) is 45.3 Å². The molecule has 9 heteroatoms. The summed E-state index contributed by atoms with van der Waals surface area (Å²) >= 11 is 0. The van der Waals surface area contributed by atoms with Crippen LogP contribution in [0.3, 0.4) is 0 Å². The maximum Gasteiger partial charge on any atom is 0.471 e. The zero-order valence-corrected chi connectivity index (χ0v) is 12.5. The van der Waals surface area contributed by atoms with Crippen molar-refractivity contribution >= 4 is 6.09 Å². The molecule has 1 aromatic heterocycles.